The molecule has 0 aromatic rings. The summed E-state index contributed by atoms with van der Waals surface area (Å²) in [6, 6.07) is 0.884. The van der Waals surface area contributed by atoms with Crippen LogP contribution in [0.25, 0.3) is 0 Å². The van der Waals surface area contributed by atoms with Gasteiger partial charge in [0.05, 0.1) is 11.6 Å². The number of hydrogen-bond donors (Lipinski definition) is 0. The smallest absolute Gasteiger partial charge is 0.359 e. The number of alkyl halides is 6. The van der Waals surface area contributed by atoms with E-state index in [1.165, 1.54) is 6.92 Å². The highest BCUT2D eigenvalue weighted by Gasteiger charge is 2.70. The molecular formula is C14H16F6N2O2. The van der Waals surface area contributed by atoms with Gasteiger partial charge in [0, 0.05) is 31.8 Å². The van der Waals surface area contributed by atoms with E-state index in [1.807, 2.05) is 0 Å². The van der Waals surface area contributed by atoms with Gasteiger partial charge in [-0.3, -0.25) is 0 Å². The molecule has 136 valence electrons. The van der Waals surface area contributed by atoms with E-state index in [0.29, 0.717) is 0 Å². The summed E-state index contributed by atoms with van der Waals surface area (Å²) in [7, 11) is 0. The molecule has 0 N–H and O–H groups in total. The van der Waals surface area contributed by atoms with Crippen molar-refractivity contribution in [2.24, 2.45) is 5.41 Å². The Bertz CT molecular complexity index is 565. The van der Waals surface area contributed by atoms with E-state index in [0.717, 1.165) is 11.0 Å². The molecule has 10 heteroatoms. The number of nitrogens with zero attached hydrogens (tertiary/aromatic N) is 2. The van der Waals surface area contributed by atoms with E-state index < -0.39 is 47.9 Å². The van der Waals surface area contributed by atoms with Crippen molar-refractivity contribution in [2.45, 2.75) is 51.5 Å². The Balaban J connectivity index is 2.63. The van der Waals surface area contributed by atoms with Crippen LogP contribution in [0.2, 0.25) is 0 Å². The Hall–Kier alpha value is -1.47. The molecule has 2 aliphatic rings. The lowest BCUT2D eigenvalue weighted by molar-refractivity contribution is -0.258. The number of allylic oxidation sites excluding steroid dienone is 1. The van der Waals surface area contributed by atoms with E-state index in [-0.39, 0.29) is 19.6 Å². The van der Waals surface area contributed by atoms with Gasteiger partial charge >= 0.3 is 12.4 Å². The Kier molecular flexibility index (Phi) is 4.80. The van der Waals surface area contributed by atoms with Crippen LogP contribution in [0.3, 0.4) is 0 Å². The lowest BCUT2D eigenvalue weighted by Crippen LogP contribution is -2.63. The molecule has 0 bridgehead atoms. The fraction of sp³-hybridized carbons (Fsp3) is 0.786. The van der Waals surface area contributed by atoms with E-state index in [9.17, 15) is 26.3 Å². The summed E-state index contributed by atoms with van der Waals surface area (Å²) in [6.45, 7) is 3.33. The molecule has 0 spiro atoms. The Morgan fingerprint density at radius 1 is 1.12 bits per heavy atom. The lowest BCUT2D eigenvalue weighted by Gasteiger charge is -2.55. The molecule has 2 aliphatic heterocycles. The maximum Gasteiger partial charge on any atom is 0.416 e. The zero-order valence-corrected chi connectivity index (χ0v) is 13.0. The van der Waals surface area contributed by atoms with E-state index in [1.54, 1.807) is 6.92 Å². The van der Waals surface area contributed by atoms with Gasteiger partial charge < -0.3 is 14.4 Å². The zero-order valence-electron chi connectivity index (χ0n) is 13.0. The van der Waals surface area contributed by atoms with Gasteiger partial charge in [-0.15, -0.1) is 0 Å². The molecular weight excluding hydrogens is 342 g/mol. The molecule has 2 rings (SSSR count). The maximum absolute atomic E-state index is 13.5. The fourth-order valence-corrected chi connectivity index (χ4v) is 3.22. The van der Waals surface area contributed by atoms with Crippen molar-refractivity contribution in [1.82, 2.24) is 4.90 Å². The first kappa shape index (κ1) is 18.9. The second-order valence-electron chi connectivity index (χ2n) is 5.47. The predicted molar refractivity (Wildman–Crippen MR) is 69.1 cm³/mol. The molecule has 24 heavy (non-hydrogen) atoms. The van der Waals surface area contributed by atoms with Crippen LogP contribution in [-0.2, 0) is 9.47 Å². The molecule has 1 saturated heterocycles. The van der Waals surface area contributed by atoms with Crippen molar-refractivity contribution in [3.05, 3.63) is 11.3 Å². The molecule has 0 amide bonds. The van der Waals surface area contributed by atoms with Crippen LogP contribution >= 0.6 is 0 Å². The summed E-state index contributed by atoms with van der Waals surface area (Å²) in [6.07, 6.45) is -14.2. The first-order valence-corrected chi connectivity index (χ1v) is 7.33. The van der Waals surface area contributed by atoms with Crippen molar-refractivity contribution in [3.63, 3.8) is 0 Å². The first-order chi connectivity index (χ1) is 11.0. The van der Waals surface area contributed by atoms with Crippen molar-refractivity contribution >= 4 is 0 Å². The van der Waals surface area contributed by atoms with Crippen molar-refractivity contribution in [2.75, 3.05) is 13.2 Å². The van der Waals surface area contributed by atoms with Gasteiger partial charge in [-0.1, -0.05) is 0 Å². The molecule has 0 unspecified atom stereocenters. The maximum atomic E-state index is 13.5. The molecule has 0 saturated carbocycles. The Morgan fingerprint density at radius 3 is 2.08 bits per heavy atom. The number of fused-ring (bicyclic) bond motifs is 1. The molecule has 2 heterocycles. The molecule has 0 radical (unpaired) electrons. The van der Waals surface area contributed by atoms with Crippen molar-refractivity contribution < 1.29 is 35.8 Å². The van der Waals surface area contributed by atoms with Gasteiger partial charge in [0.1, 0.15) is 12.5 Å². The summed E-state index contributed by atoms with van der Waals surface area (Å²) in [5.41, 5.74) is -6.07. The van der Waals surface area contributed by atoms with Crippen LogP contribution in [0.4, 0.5) is 26.3 Å². The van der Waals surface area contributed by atoms with Crippen LogP contribution in [0.15, 0.2) is 11.3 Å². The third kappa shape index (κ3) is 2.73. The second kappa shape index (κ2) is 6.11. The third-order valence-corrected chi connectivity index (χ3v) is 4.17. The SMILES string of the molecule is CCO[C@@H]1CC2=C(C(F)(F)F)[C@](C#N)(C(F)(F)F)C[C@@H](OCC)N21. The Morgan fingerprint density at radius 2 is 1.67 bits per heavy atom. The number of rotatable bonds is 4. The zero-order chi connectivity index (χ0) is 18.3. The third-order valence-electron chi connectivity index (χ3n) is 4.17. The van der Waals surface area contributed by atoms with Crippen LogP contribution in [0, 0.1) is 16.7 Å². The number of halogens is 6. The summed E-state index contributed by atoms with van der Waals surface area (Å²) < 4.78 is 91.2. The highest BCUT2D eigenvalue weighted by atomic mass is 19.4. The van der Waals surface area contributed by atoms with E-state index >= 15 is 0 Å². The quantitative estimate of drug-likeness (QED) is 0.719. The molecule has 3 atom stereocenters. The number of nitriles is 1. The summed E-state index contributed by atoms with van der Waals surface area (Å²) in [5, 5.41) is 9.08. The minimum Gasteiger partial charge on any atom is -0.359 e. The topological polar surface area (TPSA) is 45.5 Å². The molecule has 0 aromatic heterocycles. The van der Waals surface area contributed by atoms with Gasteiger partial charge in [0.2, 0.25) is 0 Å². The summed E-state index contributed by atoms with van der Waals surface area (Å²) in [4.78, 5) is 1.07. The molecule has 0 aromatic carbocycles. The predicted octanol–water partition coefficient (Wildman–Crippen LogP) is 3.71. The van der Waals surface area contributed by atoms with Gasteiger partial charge in [-0.25, -0.2) is 0 Å². The normalized spacial score (nSPS) is 30.7. The summed E-state index contributed by atoms with van der Waals surface area (Å²) >= 11 is 0. The fourth-order valence-electron chi connectivity index (χ4n) is 3.22. The first-order valence-electron chi connectivity index (χ1n) is 7.33. The average molecular weight is 358 g/mol. The standard InChI is InChI=1S/C14H16F6N2O2/c1-3-23-9-5-8-11(13(15,16)17)12(7-21,14(18,19)20)6-10(22(8)9)24-4-2/h9-10H,3-6H2,1-2H3/t9-,10-,12+/m1/s1. The summed E-state index contributed by atoms with van der Waals surface area (Å²) in [5.74, 6) is 0. The van der Waals surface area contributed by atoms with Crippen LogP contribution < -0.4 is 0 Å². The highest BCUT2D eigenvalue weighted by molar-refractivity contribution is 5.40. The molecule has 0 aliphatic carbocycles. The second-order valence-corrected chi connectivity index (χ2v) is 5.47. The van der Waals surface area contributed by atoms with Crippen LogP contribution in [0.5, 0.6) is 0 Å². The van der Waals surface area contributed by atoms with Crippen molar-refractivity contribution in [3.8, 4) is 6.07 Å². The molecule has 1 fully saturated rings. The highest BCUT2D eigenvalue weighted by Crippen LogP contribution is 2.60. The average Bonchev–Trinajstić information content (AvgIpc) is 2.41. The van der Waals surface area contributed by atoms with Gasteiger partial charge in [0.25, 0.3) is 0 Å². The van der Waals surface area contributed by atoms with E-state index in [2.05, 4.69) is 0 Å². The van der Waals surface area contributed by atoms with Crippen molar-refractivity contribution in [1.29, 1.82) is 5.26 Å². The molecule has 4 nitrogen and oxygen atoms in total. The van der Waals surface area contributed by atoms with Gasteiger partial charge in [-0.2, -0.15) is 31.6 Å². The number of hydrogen-bond acceptors (Lipinski definition) is 4. The lowest BCUT2D eigenvalue weighted by atomic mass is 9.70. The Labute approximate surface area is 134 Å². The minimum absolute atomic E-state index is 0.00594. The monoisotopic (exact) mass is 358 g/mol. The minimum atomic E-state index is -5.38. The number of ether oxygens (including phenoxy) is 2. The van der Waals surface area contributed by atoms with Crippen LogP contribution in [-0.4, -0.2) is 42.9 Å². The van der Waals surface area contributed by atoms with Gasteiger partial charge in [-0.05, 0) is 13.8 Å². The van der Waals surface area contributed by atoms with Gasteiger partial charge in [0.15, 0.2) is 5.41 Å². The largest absolute Gasteiger partial charge is 0.416 e. The van der Waals surface area contributed by atoms with E-state index in [4.69, 9.17) is 14.7 Å². The van der Waals surface area contributed by atoms with Crippen LogP contribution in [0.1, 0.15) is 26.7 Å².